The van der Waals surface area contributed by atoms with E-state index in [1.165, 1.54) is 9.80 Å². The minimum atomic E-state index is -0.378. The molecular formula is C10H15N5O4. The third-order valence-corrected chi connectivity index (χ3v) is 2.85. The first kappa shape index (κ1) is 13.3. The second-order valence-corrected chi connectivity index (χ2v) is 4.30. The van der Waals surface area contributed by atoms with E-state index in [9.17, 15) is 19.2 Å². The van der Waals surface area contributed by atoms with Crippen LogP contribution in [0.5, 0.6) is 0 Å². The highest BCUT2D eigenvalue weighted by atomic mass is 16.2. The van der Waals surface area contributed by atoms with Crippen LogP contribution in [0.3, 0.4) is 0 Å². The van der Waals surface area contributed by atoms with Gasteiger partial charge in [0.05, 0.1) is 0 Å². The highest BCUT2D eigenvalue weighted by Gasteiger charge is 2.27. The minimum absolute atomic E-state index is 0.0869. The summed E-state index contributed by atoms with van der Waals surface area (Å²) in [4.78, 5) is 47.0. The Morgan fingerprint density at radius 2 is 1.26 bits per heavy atom. The molecule has 0 aromatic carbocycles. The molecule has 2 saturated heterocycles. The maximum absolute atomic E-state index is 11.2. The summed E-state index contributed by atoms with van der Waals surface area (Å²) < 4.78 is 0. The lowest BCUT2D eigenvalue weighted by atomic mass is 10.4. The van der Waals surface area contributed by atoms with Gasteiger partial charge in [-0.2, -0.15) is 0 Å². The van der Waals surface area contributed by atoms with Crippen molar-refractivity contribution in [2.24, 2.45) is 0 Å². The first-order chi connectivity index (χ1) is 9.06. The van der Waals surface area contributed by atoms with Gasteiger partial charge in [0, 0.05) is 26.2 Å². The maximum Gasteiger partial charge on any atom is 0.324 e. The lowest BCUT2D eigenvalue weighted by Gasteiger charge is -2.15. The molecule has 2 rings (SSSR count). The predicted octanol–water partition coefficient (Wildman–Crippen LogP) is -2.32. The van der Waals surface area contributed by atoms with Gasteiger partial charge in [0.2, 0.25) is 11.8 Å². The maximum atomic E-state index is 11.2. The molecule has 9 heteroatoms. The summed E-state index contributed by atoms with van der Waals surface area (Å²) in [6.45, 7) is 2.05. The van der Waals surface area contributed by atoms with Gasteiger partial charge in [0.25, 0.3) is 0 Å². The topological polar surface area (TPSA) is 111 Å². The zero-order valence-electron chi connectivity index (χ0n) is 10.3. The van der Waals surface area contributed by atoms with Crippen molar-refractivity contribution in [1.82, 2.24) is 25.8 Å². The molecule has 3 N–H and O–H groups in total. The first-order valence-electron chi connectivity index (χ1n) is 5.94. The van der Waals surface area contributed by atoms with E-state index >= 15 is 0 Å². The van der Waals surface area contributed by atoms with E-state index in [1.807, 2.05) is 0 Å². The Kier molecular flexibility index (Phi) is 3.95. The van der Waals surface area contributed by atoms with Gasteiger partial charge in [0.1, 0.15) is 13.1 Å². The lowest BCUT2D eigenvalue weighted by molar-refractivity contribution is -0.119. The molecule has 6 amide bonds. The van der Waals surface area contributed by atoms with Crippen molar-refractivity contribution in [3.8, 4) is 0 Å². The largest absolute Gasteiger partial charge is 0.324 e. The fourth-order valence-electron chi connectivity index (χ4n) is 1.88. The molecule has 2 heterocycles. The molecule has 0 bridgehead atoms. The van der Waals surface area contributed by atoms with Crippen LogP contribution in [0.4, 0.5) is 9.59 Å². The molecular weight excluding hydrogens is 254 g/mol. The van der Waals surface area contributed by atoms with Crippen molar-refractivity contribution in [2.45, 2.75) is 0 Å². The number of amides is 6. The van der Waals surface area contributed by atoms with Crippen LogP contribution in [0, 0.1) is 0 Å². The van der Waals surface area contributed by atoms with Crippen LogP contribution in [0.2, 0.25) is 0 Å². The number of hydrogen-bond acceptors (Lipinski definition) is 5. The van der Waals surface area contributed by atoms with Crippen LogP contribution in [-0.2, 0) is 9.59 Å². The van der Waals surface area contributed by atoms with Crippen molar-refractivity contribution in [3.63, 3.8) is 0 Å². The van der Waals surface area contributed by atoms with Crippen LogP contribution in [0.15, 0.2) is 0 Å². The fourth-order valence-corrected chi connectivity index (χ4v) is 1.88. The zero-order valence-corrected chi connectivity index (χ0v) is 10.3. The van der Waals surface area contributed by atoms with Gasteiger partial charge in [-0.25, -0.2) is 9.59 Å². The molecule has 0 saturated carbocycles. The highest BCUT2D eigenvalue weighted by molar-refractivity contribution is 6.02. The second kappa shape index (κ2) is 5.65. The van der Waals surface area contributed by atoms with Crippen LogP contribution >= 0.6 is 0 Å². The van der Waals surface area contributed by atoms with Crippen LogP contribution in [-0.4, -0.2) is 72.9 Å². The van der Waals surface area contributed by atoms with Gasteiger partial charge in [-0.1, -0.05) is 0 Å². The lowest BCUT2D eigenvalue weighted by Crippen LogP contribution is -2.38. The van der Waals surface area contributed by atoms with E-state index in [2.05, 4.69) is 16.0 Å². The molecule has 2 fully saturated rings. The molecule has 2 aliphatic heterocycles. The third kappa shape index (κ3) is 3.41. The molecule has 0 unspecified atom stereocenters. The van der Waals surface area contributed by atoms with Crippen LogP contribution < -0.4 is 16.0 Å². The van der Waals surface area contributed by atoms with E-state index in [0.29, 0.717) is 26.2 Å². The number of nitrogens with one attached hydrogen (secondary N) is 3. The predicted molar refractivity (Wildman–Crippen MR) is 63.1 cm³/mol. The number of imide groups is 2. The molecule has 104 valence electrons. The molecule has 0 spiro atoms. The molecule has 9 nitrogen and oxygen atoms in total. The molecule has 0 aromatic heterocycles. The van der Waals surface area contributed by atoms with E-state index in [4.69, 9.17) is 0 Å². The van der Waals surface area contributed by atoms with Gasteiger partial charge >= 0.3 is 12.1 Å². The minimum Gasteiger partial charge on any atom is -0.314 e. The molecule has 0 aromatic rings. The normalized spacial score (nSPS) is 19.2. The average molecular weight is 269 g/mol. The van der Waals surface area contributed by atoms with Crippen LogP contribution in [0.1, 0.15) is 0 Å². The molecule has 0 atom stereocenters. The molecule has 19 heavy (non-hydrogen) atoms. The first-order valence-corrected chi connectivity index (χ1v) is 5.94. The summed E-state index contributed by atoms with van der Waals surface area (Å²) >= 11 is 0. The summed E-state index contributed by atoms with van der Waals surface area (Å²) in [5.41, 5.74) is 0. The summed E-state index contributed by atoms with van der Waals surface area (Å²) in [6, 6.07) is -0.757. The Bertz CT molecular complexity index is 386. The number of hydrogen-bond donors (Lipinski definition) is 3. The fraction of sp³-hybridized carbons (Fsp3) is 0.600. The Morgan fingerprint density at radius 3 is 1.58 bits per heavy atom. The number of rotatable bonds is 6. The zero-order chi connectivity index (χ0) is 13.8. The Morgan fingerprint density at radius 1 is 0.842 bits per heavy atom. The second-order valence-electron chi connectivity index (χ2n) is 4.30. The summed E-state index contributed by atoms with van der Waals surface area (Å²) in [5.74, 6) is -0.588. The van der Waals surface area contributed by atoms with E-state index in [1.54, 1.807) is 0 Å². The van der Waals surface area contributed by atoms with Gasteiger partial charge in [-0.3, -0.25) is 20.2 Å². The van der Waals surface area contributed by atoms with Gasteiger partial charge in [-0.15, -0.1) is 0 Å². The summed E-state index contributed by atoms with van der Waals surface area (Å²) in [7, 11) is 0. The Labute approximate surface area is 109 Å². The van der Waals surface area contributed by atoms with Gasteiger partial charge < -0.3 is 15.1 Å². The van der Waals surface area contributed by atoms with Crippen molar-refractivity contribution in [2.75, 3.05) is 39.3 Å². The number of carbonyl (C=O) groups excluding carboxylic acids is 4. The van der Waals surface area contributed by atoms with Crippen molar-refractivity contribution in [1.29, 1.82) is 0 Å². The summed E-state index contributed by atoms with van der Waals surface area (Å²) in [5, 5.41) is 7.41. The molecule has 2 aliphatic rings. The smallest absolute Gasteiger partial charge is 0.314 e. The standard InChI is InChI=1S/C10H15N5O4/c16-7-5-14(9(18)12-7)3-1-11-2-4-15-6-8(17)13-10(15)19/h11H,1-6H2,(H,12,16,18)(H,13,17,19). The monoisotopic (exact) mass is 269 g/mol. The van der Waals surface area contributed by atoms with E-state index in [0.717, 1.165) is 0 Å². The highest BCUT2D eigenvalue weighted by Crippen LogP contribution is 1.97. The number of carbonyl (C=O) groups is 4. The van der Waals surface area contributed by atoms with Gasteiger partial charge in [-0.05, 0) is 0 Å². The third-order valence-electron chi connectivity index (χ3n) is 2.85. The Balaban J connectivity index is 1.58. The number of urea groups is 2. The van der Waals surface area contributed by atoms with E-state index in [-0.39, 0.29) is 37.0 Å². The number of nitrogens with zero attached hydrogens (tertiary/aromatic N) is 2. The average Bonchev–Trinajstić information content (AvgIpc) is 2.81. The van der Waals surface area contributed by atoms with Gasteiger partial charge in [0.15, 0.2) is 0 Å². The Hall–Kier alpha value is -2.16. The quantitative estimate of drug-likeness (QED) is 0.370. The summed E-state index contributed by atoms with van der Waals surface area (Å²) in [6.07, 6.45) is 0. The molecule has 0 aliphatic carbocycles. The van der Waals surface area contributed by atoms with Crippen molar-refractivity contribution < 1.29 is 19.2 Å². The van der Waals surface area contributed by atoms with Crippen LogP contribution in [0.25, 0.3) is 0 Å². The van der Waals surface area contributed by atoms with E-state index < -0.39 is 0 Å². The SMILES string of the molecule is O=C1CN(CCNCCN2CC(=O)NC2=O)C(=O)N1. The molecule has 0 radical (unpaired) electrons. The van der Waals surface area contributed by atoms with Crippen molar-refractivity contribution >= 4 is 23.9 Å². The van der Waals surface area contributed by atoms with Crippen molar-refractivity contribution in [3.05, 3.63) is 0 Å².